The van der Waals surface area contributed by atoms with E-state index in [9.17, 15) is 9.59 Å². The summed E-state index contributed by atoms with van der Waals surface area (Å²) in [5.41, 5.74) is 0. The summed E-state index contributed by atoms with van der Waals surface area (Å²) in [6.07, 6.45) is 12.7. The molecule has 0 unspecified atom stereocenters. The summed E-state index contributed by atoms with van der Waals surface area (Å²) in [6.45, 7) is 5.04. The lowest BCUT2D eigenvalue weighted by Crippen LogP contribution is -2.21. The van der Waals surface area contributed by atoms with Crippen molar-refractivity contribution in [2.45, 2.75) is 78.1 Å². The molecule has 0 aromatic heterocycles. The zero-order valence-electron chi connectivity index (χ0n) is 14.7. The predicted molar refractivity (Wildman–Crippen MR) is 100 cm³/mol. The second-order valence-electron chi connectivity index (χ2n) is 5.53. The van der Waals surface area contributed by atoms with Crippen molar-refractivity contribution in [1.29, 1.82) is 0 Å². The number of amides is 1. The molecule has 1 amide bonds. The third-order valence-electron chi connectivity index (χ3n) is 3.32. The second kappa shape index (κ2) is 17.1. The van der Waals surface area contributed by atoms with E-state index >= 15 is 0 Å². The van der Waals surface area contributed by atoms with Crippen LogP contribution >= 0.6 is 11.8 Å². The third-order valence-corrected chi connectivity index (χ3v) is 3.91. The Kier molecular flexibility index (Phi) is 16.2. The van der Waals surface area contributed by atoms with Crippen LogP contribution in [0.25, 0.3) is 0 Å². The smallest absolute Gasteiger partial charge is 0.266 e. The summed E-state index contributed by atoms with van der Waals surface area (Å²) < 4.78 is 0. The quantitative estimate of drug-likeness (QED) is 0.315. The van der Waals surface area contributed by atoms with E-state index in [4.69, 9.17) is 0 Å². The van der Waals surface area contributed by atoms with Gasteiger partial charge in [-0.05, 0) is 35.9 Å². The van der Waals surface area contributed by atoms with Crippen LogP contribution in [0.1, 0.15) is 78.1 Å². The fourth-order valence-electron chi connectivity index (χ4n) is 1.96. The number of carbonyl (C=O) groups is 2. The molecule has 0 saturated carbocycles. The van der Waals surface area contributed by atoms with Gasteiger partial charge >= 0.3 is 0 Å². The minimum Gasteiger partial charge on any atom is -0.353 e. The zero-order chi connectivity index (χ0) is 17.2. The monoisotopic (exact) mass is 337 g/mol. The highest BCUT2D eigenvalue weighted by molar-refractivity contribution is 8.16. The number of carbonyl (C=O) groups excluding carboxylic acids is 2. The number of hydrogen-bond acceptors (Lipinski definition) is 3. The highest BCUT2D eigenvalue weighted by Crippen LogP contribution is 2.05. The maximum Gasteiger partial charge on any atom is 0.266 e. The molecule has 23 heavy (non-hydrogen) atoms. The molecule has 0 saturated heterocycles. The summed E-state index contributed by atoms with van der Waals surface area (Å²) >= 11 is 0.967. The lowest BCUT2D eigenvalue weighted by Gasteiger charge is -2.02. The maximum absolute atomic E-state index is 11.5. The fraction of sp³-hybridized carbons (Fsp3) is 0.684. The van der Waals surface area contributed by atoms with Crippen molar-refractivity contribution in [3.8, 4) is 11.8 Å². The van der Waals surface area contributed by atoms with Crippen LogP contribution in [0.3, 0.4) is 0 Å². The summed E-state index contributed by atoms with van der Waals surface area (Å²) in [5.74, 6) is 5.31. The van der Waals surface area contributed by atoms with E-state index in [1.807, 2.05) is 0 Å². The average Bonchev–Trinajstić information content (AvgIpc) is 2.54. The largest absolute Gasteiger partial charge is 0.353 e. The van der Waals surface area contributed by atoms with Crippen molar-refractivity contribution in [1.82, 2.24) is 5.32 Å². The van der Waals surface area contributed by atoms with Crippen LogP contribution in [0.4, 0.5) is 0 Å². The van der Waals surface area contributed by atoms with E-state index in [1.165, 1.54) is 37.2 Å². The molecule has 0 heterocycles. The third kappa shape index (κ3) is 17.0. The first kappa shape index (κ1) is 21.8. The molecule has 0 bridgehead atoms. The zero-order valence-corrected chi connectivity index (χ0v) is 15.5. The van der Waals surface area contributed by atoms with Crippen molar-refractivity contribution in [2.24, 2.45) is 0 Å². The van der Waals surface area contributed by atoms with Crippen molar-refractivity contribution < 1.29 is 9.59 Å². The molecule has 1 N–H and O–H groups in total. The van der Waals surface area contributed by atoms with Gasteiger partial charge in [0.25, 0.3) is 5.12 Å². The molecule has 4 heteroatoms. The van der Waals surface area contributed by atoms with Gasteiger partial charge in [-0.25, -0.2) is 0 Å². The highest BCUT2D eigenvalue weighted by atomic mass is 32.2. The van der Waals surface area contributed by atoms with Gasteiger partial charge in [-0.1, -0.05) is 64.7 Å². The number of unbranched alkanes of at least 4 members (excludes halogenated alkanes) is 8. The first-order valence-corrected chi connectivity index (χ1v) is 9.72. The van der Waals surface area contributed by atoms with Crippen LogP contribution in [-0.2, 0) is 9.59 Å². The molecule has 0 radical (unpaired) electrons. The van der Waals surface area contributed by atoms with Gasteiger partial charge in [-0.3, -0.25) is 9.59 Å². The van der Waals surface area contributed by atoms with Crippen molar-refractivity contribution in [3.63, 3.8) is 0 Å². The van der Waals surface area contributed by atoms with E-state index in [2.05, 4.69) is 31.0 Å². The van der Waals surface area contributed by atoms with Crippen molar-refractivity contribution >= 4 is 22.8 Å². The van der Waals surface area contributed by atoms with Gasteiger partial charge in [0.15, 0.2) is 0 Å². The first-order chi connectivity index (χ1) is 11.2. The van der Waals surface area contributed by atoms with Gasteiger partial charge < -0.3 is 5.32 Å². The Morgan fingerprint density at radius 3 is 2.35 bits per heavy atom. The fourth-order valence-corrected chi connectivity index (χ4v) is 2.41. The molecule has 0 aliphatic carbocycles. The van der Waals surface area contributed by atoms with Crippen LogP contribution < -0.4 is 5.32 Å². The van der Waals surface area contributed by atoms with Crippen LogP contribution in [0.15, 0.2) is 11.5 Å². The second-order valence-corrected chi connectivity index (χ2v) is 6.40. The minimum absolute atomic E-state index is 0.144. The number of hydrogen-bond donors (Lipinski definition) is 1. The molecule has 0 aromatic carbocycles. The number of thioether (sulfide) groups is 1. The highest BCUT2D eigenvalue weighted by Gasteiger charge is 1.97. The summed E-state index contributed by atoms with van der Waals surface area (Å²) in [5, 5.41) is 4.13. The van der Waals surface area contributed by atoms with Crippen LogP contribution in [0.2, 0.25) is 0 Å². The van der Waals surface area contributed by atoms with Gasteiger partial charge in [-0.15, -0.1) is 0 Å². The molecule has 0 aliphatic heterocycles. The Balaban J connectivity index is 3.61. The van der Waals surface area contributed by atoms with Crippen molar-refractivity contribution in [2.75, 3.05) is 6.54 Å². The Morgan fingerprint density at radius 2 is 1.61 bits per heavy atom. The summed E-state index contributed by atoms with van der Waals surface area (Å²) in [4.78, 5) is 23.0. The van der Waals surface area contributed by atoms with E-state index in [1.54, 1.807) is 0 Å². The summed E-state index contributed by atoms with van der Waals surface area (Å²) in [6, 6.07) is 0. The first-order valence-electron chi connectivity index (χ1n) is 8.84. The molecule has 0 aromatic rings. The Morgan fingerprint density at radius 1 is 0.957 bits per heavy atom. The molecule has 0 spiro atoms. The molecular formula is C19H31NO2S. The van der Waals surface area contributed by atoms with Gasteiger partial charge in [0.05, 0.1) is 0 Å². The standard InChI is InChI=1S/C19H31NO2S/c1-3-5-7-9-11-13-16-20-18(21)15-17-23-19(22)14-12-10-8-6-4-2/h15,17H,3-11,13,16H2,1-2H3,(H,20,21). The normalized spacial score (nSPS) is 10.3. The van der Waals surface area contributed by atoms with Gasteiger partial charge in [0.1, 0.15) is 0 Å². The van der Waals surface area contributed by atoms with Crippen LogP contribution in [0.5, 0.6) is 0 Å². The number of nitrogens with one attached hydrogen (secondary N) is 1. The molecule has 0 fully saturated rings. The van der Waals surface area contributed by atoms with E-state index in [0.29, 0.717) is 6.54 Å². The molecule has 130 valence electrons. The molecule has 0 rings (SSSR count). The topological polar surface area (TPSA) is 46.2 Å². The van der Waals surface area contributed by atoms with Crippen LogP contribution in [-0.4, -0.2) is 17.6 Å². The Labute approximate surface area is 146 Å². The van der Waals surface area contributed by atoms with E-state index < -0.39 is 0 Å². The maximum atomic E-state index is 11.5. The van der Waals surface area contributed by atoms with E-state index in [-0.39, 0.29) is 11.0 Å². The van der Waals surface area contributed by atoms with Crippen molar-refractivity contribution in [3.05, 3.63) is 11.5 Å². The predicted octanol–water partition coefficient (Wildman–Crippen LogP) is 4.82. The molecular weight excluding hydrogens is 306 g/mol. The van der Waals surface area contributed by atoms with Gasteiger partial charge in [0, 0.05) is 19.0 Å². The minimum atomic E-state index is -0.207. The Hall–Kier alpha value is -1.21. The van der Waals surface area contributed by atoms with E-state index in [0.717, 1.165) is 50.3 Å². The summed E-state index contributed by atoms with van der Waals surface area (Å²) in [7, 11) is 0. The van der Waals surface area contributed by atoms with Gasteiger partial charge in [-0.2, -0.15) is 0 Å². The Bertz CT molecular complexity index is 407. The van der Waals surface area contributed by atoms with Crippen LogP contribution in [0, 0.1) is 11.8 Å². The number of rotatable bonds is 12. The molecule has 3 nitrogen and oxygen atoms in total. The van der Waals surface area contributed by atoms with Gasteiger partial charge in [0.2, 0.25) is 5.91 Å². The lowest BCUT2D eigenvalue weighted by atomic mass is 10.1. The molecule has 0 aliphatic rings. The lowest BCUT2D eigenvalue weighted by molar-refractivity contribution is -0.116. The average molecular weight is 338 g/mol. The SMILES string of the molecule is CCCCCC#CC(=O)SC=CC(=O)NCCCCCCCC. The molecule has 0 atom stereocenters.